The molecule has 1 aliphatic rings. The second kappa shape index (κ2) is 7.55. The molecule has 1 aliphatic heterocycles. The lowest BCUT2D eigenvalue weighted by Gasteiger charge is -2.23. The molecule has 126 valence electrons. The molecular formula is C18H18BrClN2O2. The minimum absolute atomic E-state index is 0.173. The van der Waals surface area contributed by atoms with E-state index in [0.717, 1.165) is 34.4 Å². The van der Waals surface area contributed by atoms with Crippen LogP contribution < -0.4 is 15.4 Å². The van der Waals surface area contributed by atoms with Crippen LogP contribution in [0.15, 0.2) is 40.9 Å². The van der Waals surface area contributed by atoms with Crippen molar-refractivity contribution in [3.63, 3.8) is 0 Å². The monoisotopic (exact) mass is 408 g/mol. The maximum absolute atomic E-state index is 12.5. The van der Waals surface area contributed by atoms with Gasteiger partial charge in [0.15, 0.2) is 0 Å². The summed E-state index contributed by atoms with van der Waals surface area (Å²) in [6.45, 7) is 3.36. The van der Waals surface area contributed by atoms with E-state index in [2.05, 4.69) is 26.6 Å². The van der Waals surface area contributed by atoms with Crippen LogP contribution in [0.2, 0.25) is 0 Å². The van der Waals surface area contributed by atoms with Gasteiger partial charge in [0.2, 0.25) is 0 Å². The van der Waals surface area contributed by atoms with Gasteiger partial charge in [-0.15, -0.1) is 11.6 Å². The number of ether oxygens (including phenoxy) is 1. The minimum Gasteiger partial charge on any atom is -0.493 e. The second-order valence-electron chi connectivity index (χ2n) is 5.51. The molecule has 0 saturated heterocycles. The highest BCUT2D eigenvalue weighted by Gasteiger charge is 2.18. The number of nitrogens with one attached hydrogen (secondary N) is 2. The number of hydrogen-bond acceptors (Lipinski definition) is 3. The second-order valence-corrected chi connectivity index (χ2v) is 6.80. The standard InChI is InChI=1S/C18H18BrClN2O2/c1-2-24-16-6-4-12(9-15(16)19)18(23)22-13-5-3-11-7-8-21-17(20)14(11)10-13/h3-6,9-10,17,21H,2,7-8H2,1H3,(H,22,23)/t17-/m1/s1. The fraction of sp³-hybridized carbons (Fsp3) is 0.278. The van der Waals surface area contributed by atoms with Gasteiger partial charge in [-0.05, 0) is 70.7 Å². The van der Waals surface area contributed by atoms with Gasteiger partial charge in [0.05, 0.1) is 11.1 Å². The summed E-state index contributed by atoms with van der Waals surface area (Å²) in [5, 5.41) is 6.13. The summed E-state index contributed by atoms with van der Waals surface area (Å²) >= 11 is 9.73. The van der Waals surface area contributed by atoms with Gasteiger partial charge in [0.1, 0.15) is 11.3 Å². The average Bonchev–Trinajstić information content (AvgIpc) is 2.57. The molecule has 2 aromatic carbocycles. The first-order valence-corrected chi connectivity index (χ1v) is 9.05. The molecule has 24 heavy (non-hydrogen) atoms. The fourth-order valence-corrected chi connectivity index (χ4v) is 3.50. The Balaban J connectivity index is 1.77. The Bertz CT molecular complexity index is 767. The smallest absolute Gasteiger partial charge is 0.255 e. The van der Waals surface area contributed by atoms with E-state index in [1.54, 1.807) is 18.2 Å². The summed E-state index contributed by atoms with van der Waals surface area (Å²) in [7, 11) is 0. The van der Waals surface area contributed by atoms with Gasteiger partial charge >= 0.3 is 0 Å². The molecule has 0 unspecified atom stereocenters. The van der Waals surface area contributed by atoms with Crippen molar-refractivity contribution in [1.29, 1.82) is 0 Å². The Labute approximate surface area is 154 Å². The maximum atomic E-state index is 12.5. The molecule has 0 aliphatic carbocycles. The topological polar surface area (TPSA) is 50.4 Å². The predicted octanol–water partition coefficient (Wildman–Crippen LogP) is 4.48. The lowest BCUT2D eigenvalue weighted by atomic mass is 10.00. The predicted molar refractivity (Wildman–Crippen MR) is 100 cm³/mol. The van der Waals surface area contributed by atoms with Crippen molar-refractivity contribution in [3.8, 4) is 5.75 Å². The molecule has 0 spiro atoms. The first-order valence-electron chi connectivity index (χ1n) is 7.82. The van der Waals surface area contributed by atoms with E-state index in [-0.39, 0.29) is 11.4 Å². The summed E-state index contributed by atoms with van der Waals surface area (Å²) in [6.07, 6.45) is 0.943. The van der Waals surface area contributed by atoms with Crippen molar-refractivity contribution >= 4 is 39.1 Å². The van der Waals surface area contributed by atoms with Crippen LogP contribution in [0.5, 0.6) is 5.75 Å². The Morgan fingerprint density at radius 2 is 2.21 bits per heavy atom. The first-order chi connectivity index (χ1) is 11.6. The zero-order valence-electron chi connectivity index (χ0n) is 13.2. The Hall–Kier alpha value is -1.56. The molecule has 1 atom stereocenters. The lowest BCUT2D eigenvalue weighted by Crippen LogP contribution is -2.26. The van der Waals surface area contributed by atoms with E-state index in [9.17, 15) is 4.79 Å². The quantitative estimate of drug-likeness (QED) is 0.578. The number of benzene rings is 2. The molecule has 0 radical (unpaired) electrons. The molecule has 1 amide bonds. The molecule has 3 rings (SSSR count). The van der Waals surface area contributed by atoms with Crippen LogP contribution in [0.4, 0.5) is 5.69 Å². The first kappa shape index (κ1) is 17.3. The number of hydrogen-bond donors (Lipinski definition) is 2. The largest absolute Gasteiger partial charge is 0.493 e. The molecule has 2 N–H and O–H groups in total. The number of halogens is 2. The highest BCUT2D eigenvalue weighted by Crippen LogP contribution is 2.29. The number of carbonyl (C=O) groups excluding carboxylic acids is 1. The molecule has 4 nitrogen and oxygen atoms in total. The molecular weight excluding hydrogens is 392 g/mol. The van der Waals surface area contributed by atoms with Gasteiger partial charge < -0.3 is 10.1 Å². The van der Waals surface area contributed by atoms with Gasteiger partial charge in [0.25, 0.3) is 5.91 Å². The highest BCUT2D eigenvalue weighted by molar-refractivity contribution is 9.10. The number of carbonyl (C=O) groups is 1. The van der Waals surface area contributed by atoms with E-state index in [1.165, 1.54) is 5.56 Å². The Morgan fingerprint density at radius 3 is 2.96 bits per heavy atom. The van der Waals surface area contributed by atoms with Crippen LogP contribution in [0.1, 0.15) is 33.9 Å². The molecule has 2 aromatic rings. The average molecular weight is 410 g/mol. The van der Waals surface area contributed by atoms with E-state index >= 15 is 0 Å². The van der Waals surface area contributed by atoms with Crippen LogP contribution in [-0.4, -0.2) is 19.1 Å². The van der Waals surface area contributed by atoms with E-state index in [1.807, 2.05) is 25.1 Å². The van der Waals surface area contributed by atoms with Crippen molar-refractivity contribution in [2.75, 3.05) is 18.5 Å². The van der Waals surface area contributed by atoms with Gasteiger partial charge in [-0.1, -0.05) is 6.07 Å². The van der Waals surface area contributed by atoms with Crippen LogP contribution in [-0.2, 0) is 6.42 Å². The Morgan fingerprint density at radius 1 is 1.38 bits per heavy atom. The van der Waals surface area contributed by atoms with Crippen molar-refractivity contribution in [3.05, 3.63) is 57.6 Å². The molecule has 0 saturated carbocycles. The zero-order chi connectivity index (χ0) is 17.1. The molecule has 0 fully saturated rings. The molecule has 6 heteroatoms. The fourth-order valence-electron chi connectivity index (χ4n) is 2.70. The third kappa shape index (κ3) is 3.74. The number of rotatable bonds is 4. The van der Waals surface area contributed by atoms with Crippen LogP contribution in [0, 0.1) is 0 Å². The van der Waals surface area contributed by atoms with Crippen LogP contribution in [0.25, 0.3) is 0 Å². The number of anilines is 1. The Kier molecular flexibility index (Phi) is 5.43. The van der Waals surface area contributed by atoms with Crippen molar-refractivity contribution in [1.82, 2.24) is 5.32 Å². The number of alkyl halides is 1. The van der Waals surface area contributed by atoms with Gasteiger partial charge in [0, 0.05) is 17.8 Å². The van der Waals surface area contributed by atoms with Crippen LogP contribution >= 0.6 is 27.5 Å². The third-order valence-corrected chi connectivity index (χ3v) is 4.90. The van der Waals surface area contributed by atoms with E-state index in [4.69, 9.17) is 16.3 Å². The summed E-state index contributed by atoms with van der Waals surface area (Å²) < 4.78 is 6.22. The maximum Gasteiger partial charge on any atom is 0.255 e. The zero-order valence-corrected chi connectivity index (χ0v) is 15.6. The summed E-state index contributed by atoms with van der Waals surface area (Å²) in [6, 6.07) is 11.2. The summed E-state index contributed by atoms with van der Waals surface area (Å²) in [5.41, 5.74) is 3.32. The SMILES string of the molecule is CCOc1ccc(C(=O)Nc2ccc3c(c2)[C@H](Cl)NCC3)cc1Br. The molecule has 1 heterocycles. The third-order valence-electron chi connectivity index (χ3n) is 3.89. The highest BCUT2D eigenvalue weighted by atomic mass is 79.9. The lowest BCUT2D eigenvalue weighted by molar-refractivity contribution is 0.102. The van der Waals surface area contributed by atoms with Gasteiger partial charge in [-0.3, -0.25) is 10.1 Å². The minimum atomic E-state index is -0.217. The normalized spacial score (nSPS) is 16.4. The van der Waals surface area contributed by atoms with Crippen molar-refractivity contribution in [2.24, 2.45) is 0 Å². The van der Waals surface area contributed by atoms with Crippen molar-refractivity contribution in [2.45, 2.75) is 18.8 Å². The molecule has 0 aromatic heterocycles. The summed E-state index contributed by atoms with van der Waals surface area (Å²) in [5.74, 6) is 0.549. The van der Waals surface area contributed by atoms with Gasteiger partial charge in [-0.25, -0.2) is 0 Å². The van der Waals surface area contributed by atoms with E-state index in [0.29, 0.717) is 12.2 Å². The van der Waals surface area contributed by atoms with Crippen LogP contribution in [0.3, 0.4) is 0 Å². The number of amides is 1. The number of fused-ring (bicyclic) bond motifs is 1. The van der Waals surface area contributed by atoms with Gasteiger partial charge in [-0.2, -0.15) is 0 Å². The van der Waals surface area contributed by atoms with E-state index < -0.39 is 0 Å². The molecule has 0 bridgehead atoms. The van der Waals surface area contributed by atoms with Crippen molar-refractivity contribution < 1.29 is 9.53 Å². The summed E-state index contributed by atoms with van der Waals surface area (Å²) in [4.78, 5) is 12.5.